The van der Waals surface area contributed by atoms with Gasteiger partial charge in [-0.1, -0.05) is 15.9 Å². The van der Waals surface area contributed by atoms with Gasteiger partial charge in [0.25, 0.3) is 5.91 Å². The van der Waals surface area contributed by atoms with E-state index in [-0.39, 0.29) is 12.2 Å². The number of carbonyl (C=O) groups excluding carboxylic acids is 3. The van der Waals surface area contributed by atoms with E-state index in [1.807, 2.05) is 5.32 Å². The Morgan fingerprint density at radius 2 is 2.18 bits per heavy atom. The molecule has 1 rings (SSSR count). The van der Waals surface area contributed by atoms with Crippen LogP contribution in [0.25, 0.3) is 0 Å². The van der Waals surface area contributed by atoms with Gasteiger partial charge in [-0.3, -0.25) is 19.7 Å². The lowest BCUT2D eigenvalue weighted by Crippen LogP contribution is -2.38. The Hall–Kier alpha value is -0.710. The van der Waals surface area contributed by atoms with E-state index in [1.165, 1.54) is 6.92 Å². The van der Waals surface area contributed by atoms with Crippen molar-refractivity contribution in [3.63, 3.8) is 0 Å². The Morgan fingerprint density at radius 3 is 2.36 bits per heavy atom. The quantitative estimate of drug-likeness (QED) is 0.376. The number of amides is 2. The molecule has 0 saturated carbocycles. The molecule has 60 valence electrons. The van der Waals surface area contributed by atoms with Crippen LogP contribution >= 0.6 is 15.9 Å². The van der Waals surface area contributed by atoms with Crippen LogP contribution in [0.1, 0.15) is 13.3 Å². The Bertz CT molecular complexity index is 250. The van der Waals surface area contributed by atoms with E-state index in [0.29, 0.717) is 0 Å². The second kappa shape index (κ2) is 2.41. The summed E-state index contributed by atoms with van der Waals surface area (Å²) < 4.78 is -1.30. The van der Waals surface area contributed by atoms with E-state index in [4.69, 9.17) is 0 Å². The molecule has 0 aromatic rings. The van der Waals surface area contributed by atoms with Crippen molar-refractivity contribution in [2.24, 2.45) is 0 Å². The minimum absolute atomic E-state index is 0.0961. The molecule has 5 heteroatoms. The van der Waals surface area contributed by atoms with Gasteiger partial charge >= 0.3 is 0 Å². The third kappa shape index (κ3) is 1.20. The first-order chi connectivity index (χ1) is 4.97. The van der Waals surface area contributed by atoms with Crippen molar-refractivity contribution in [1.29, 1.82) is 0 Å². The minimum Gasteiger partial charge on any atom is -0.298 e. The van der Waals surface area contributed by atoms with Crippen molar-refractivity contribution >= 4 is 33.5 Å². The molecule has 0 aromatic heterocycles. The lowest BCUT2D eigenvalue weighted by Gasteiger charge is -2.11. The van der Waals surface area contributed by atoms with Gasteiger partial charge in [-0.25, -0.2) is 0 Å². The van der Waals surface area contributed by atoms with Crippen LogP contribution in [0.3, 0.4) is 0 Å². The fraction of sp³-hybridized carbons (Fsp3) is 0.500. The predicted molar refractivity (Wildman–Crippen MR) is 40.1 cm³/mol. The third-order valence-corrected chi connectivity index (χ3v) is 2.77. The first-order valence-electron chi connectivity index (χ1n) is 3.01. The lowest BCUT2D eigenvalue weighted by atomic mass is 10.0. The molecule has 1 atom stereocenters. The van der Waals surface area contributed by atoms with Crippen molar-refractivity contribution in [3.05, 3.63) is 0 Å². The highest BCUT2D eigenvalue weighted by Gasteiger charge is 2.48. The highest BCUT2D eigenvalue weighted by Crippen LogP contribution is 2.28. The van der Waals surface area contributed by atoms with Gasteiger partial charge in [0.2, 0.25) is 5.91 Å². The number of hydrogen-bond donors (Lipinski definition) is 1. The van der Waals surface area contributed by atoms with Gasteiger partial charge in [0.1, 0.15) is 0 Å². The van der Waals surface area contributed by atoms with Gasteiger partial charge in [-0.2, -0.15) is 0 Å². The molecule has 0 aliphatic carbocycles. The maximum atomic E-state index is 10.9. The van der Waals surface area contributed by atoms with Crippen molar-refractivity contribution < 1.29 is 14.4 Å². The van der Waals surface area contributed by atoms with E-state index >= 15 is 0 Å². The van der Waals surface area contributed by atoms with Crippen LogP contribution in [0, 0.1) is 0 Å². The van der Waals surface area contributed by atoms with E-state index < -0.39 is 16.1 Å². The summed E-state index contributed by atoms with van der Waals surface area (Å²) in [6, 6.07) is 0. The zero-order valence-electron chi connectivity index (χ0n) is 5.81. The Balaban J connectivity index is 2.96. The molecule has 1 N–H and O–H groups in total. The summed E-state index contributed by atoms with van der Waals surface area (Å²) in [7, 11) is 0. The van der Waals surface area contributed by atoms with Crippen LogP contribution in [0.4, 0.5) is 0 Å². The van der Waals surface area contributed by atoms with Crippen molar-refractivity contribution in [2.75, 3.05) is 0 Å². The van der Waals surface area contributed by atoms with E-state index in [1.54, 1.807) is 0 Å². The third-order valence-electron chi connectivity index (χ3n) is 1.58. The van der Waals surface area contributed by atoms with Crippen molar-refractivity contribution in [3.8, 4) is 0 Å². The number of alkyl halides is 1. The monoisotopic (exact) mass is 219 g/mol. The largest absolute Gasteiger partial charge is 0.298 e. The van der Waals surface area contributed by atoms with Gasteiger partial charge in [-0.15, -0.1) is 0 Å². The van der Waals surface area contributed by atoms with Crippen molar-refractivity contribution in [1.82, 2.24) is 5.32 Å². The molecule has 0 spiro atoms. The molecule has 2 amide bonds. The van der Waals surface area contributed by atoms with Crippen LogP contribution in [0.15, 0.2) is 0 Å². The summed E-state index contributed by atoms with van der Waals surface area (Å²) in [5, 5.41) is 2.04. The molecular formula is C6H6BrNO3. The van der Waals surface area contributed by atoms with Gasteiger partial charge < -0.3 is 0 Å². The normalized spacial score (nSPS) is 30.4. The molecule has 0 bridgehead atoms. The summed E-state index contributed by atoms with van der Waals surface area (Å²) in [5.41, 5.74) is 0. The van der Waals surface area contributed by atoms with Crippen LogP contribution in [0.5, 0.6) is 0 Å². The summed E-state index contributed by atoms with van der Waals surface area (Å²) in [6.07, 6.45) is -0.0961. The number of ketones is 1. The Kier molecular flexibility index (Phi) is 1.83. The maximum absolute atomic E-state index is 10.9. The Labute approximate surface area is 71.5 Å². The number of hydrogen-bond acceptors (Lipinski definition) is 3. The van der Waals surface area contributed by atoms with Crippen LogP contribution in [0.2, 0.25) is 0 Å². The predicted octanol–water partition coefficient (Wildman–Crippen LogP) is -0.244. The highest BCUT2D eigenvalue weighted by atomic mass is 79.9. The van der Waals surface area contributed by atoms with Crippen LogP contribution in [-0.4, -0.2) is 21.9 Å². The van der Waals surface area contributed by atoms with Crippen LogP contribution < -0.4 is 5.32 Å². The number of carbonyl (C=O) groups is 3. The summed E-state index contributed by atoms with van der Waals surface area (Å²) in [6.45, 7) is 1.27. The van der Waals surface area contributed by atoms with Gasteiger partial charge in [0.05, 0.1) is 6.42 Å². The fourth-order valence-electron chi connectivity index (χ4n) is 0.856. The summed E-state index contributed by atoms with van der Waals surface area (Å²) >= 11 is 2.93. The first kappa shape index (κ1) is 8.39. The molecule has 1 aliphatic heterocycles. The highest BCUT2D eigenvalue weighted by molar-refractivity contribution is 9.10. The van der Waals surface area contributed by atoms with E-state index in [0.717, 1.165) is 0 Å². The molecule has 1 fully saturated rings. The maximum Gasteiger partial charge on any atom is 0.251 e. The molecule has 1 saturated heterocycles. The molecular weight excluding hydrogens is 214 g/mol. The van der Waals surface area contributed by atoms with E-state index in [2.05, 4.69) is 15.9 Å². The van der Waals surface area contributed by atoms with E-state index in [9.17, 15) is 14.4 Å². The fourth-order valence-corrected chi connectivity index (χ4v) is 1.21. The average molecular weight is 220 g/mol. The number of Topliss-reactive ketones (excluding diaryl/α,β-unsaturated/α-hetero) is 1. The molecule has 0 aromatic carbocycles. The summed E-state index contributed by atoms with van der Waals surface area (Å²) in [5.74, 6) is -1.32. The number of halogens is 1. The molecule has 0 radical (unpaired) electrons. The molecule has 11 heavy (non-hydrogen) atoms. The standard InChI is InChI=1S/C6H6BrNO3/c1-3(9)6(7)2-4(10)8-5(6)11/h2H2,1H3,(H,8,10,11). The smallest absolute Gasteiger partial charge is 0.251 e. The summed E-state index contributed by atoms with van der Waals surface area (Å²) in [4.78, 5) is 32.5. The molecule has 4 nitrogen and oxygen atoms in total. The lowest BCUT2D eigenvalue weighted by molar-refractivity contribution is -0.128. The molecule has 1 unspecified atom stereocenters. The second-order valence-corrected chi connectivity index (χ2v) is 3.77. The van der Waals surface area contributed by atoms with Crippen molar-refractivity contribution in [2.45, 2.75) is 17.7 Å². The first-order valence-corrected chi connectivity index (χ1v) is 3.80. The number of rotatable bonds is 1. The van der Waals surface area contributed by atoms with Gasteiger partial charge in [0.15, 0.2) is 10.1 Å². The zero-order valence-corrected chi connectivity index (χ0v) is 7.40. The topological polar surface area (TPSA) is 63.2 Å². The van der Waals surface area contributed by atoms with Crippen LogP contribution in [-0.2, 0) is 14.4 Å². The zero-order chi connectivity index (χ0) is 8.65. The number of nitrogens with one attached hydrogen (secondary N) is 1. The Morgan fingerprint density at radius 1 is 1.64 bits per heavy atom. The molecule has 1 aliphatic rings. The SMILES string of the molecule is CC(=O)C1(Br)CC(=O)NC1=O. The average Bonchev–Trinajstić information content (AvgIpc) is 2.08. The second-order valence-electron chi connectivity index (χ2n) is 2.41. The van der Waals surface area contributed by atoms with Gasteiger partial charge in [-0.05, 0) is 6.92 Å². The number of imide groups is 1. The van der Waals surface area contributed by atoms with Gasteiger partial charge in [0, 0.05) is 0 Å². The molecule has 1 heterocycles. The minimum atomic E-state index is -1.30.